The molecule has 0 amide bonds. The van der Waals surface area contributed by atoms with E-state index < -0.39 is 17.5 Å². The molecule has 0 radical (unpaired) electrons. The zero-order valence-electron chi connectivity index (χ0n) is 18.3. The molecular formula is C24H28F3N5. The number of nitrogens with one attached hydrogen (secondary N) is 2. The third-order valence-electron chi connectivity index (χ3n) is 6.03. The number of hydrogen-bond acceptors (Lipinski definition) is 5. The summed E-state index contributed by atoms with van der Waals surface area (Å²) in [4.78, 5) is 11.4. The Balaban J connectivity index is 1.30. The van der Waals surface area contributed by atoms with Gasteiger partial charge in [0, 0.05) is 49.8 Å². The highest BCUT2D eigenvalue weighted by Crippen LogP contribution is 2.28. The van der Waals surface area contributed by atoms with Gasteiger partial charge < -0.3 is 15.5 Å². The van der Waals surface area contributed by atoms with Crippen molar-refractivity contribution in [3.05, 3.63) is 59.4 Å². The van der Waals surface area contributed by atoms with Crippen LogP contribution in [0.1, 0.15) is 31.2 Å². The number of nitrogens with zero attached hydrogens (tertiary/aromatic N) is 3. The predicted octanol–water partition coefficient (Wildman–Crippen LogP) is 4.87. The normalized spacial score (nSPS) is 18.7. The number of halogens is 3. The zero-order valence-corrected chi connectivity index (χ0v) is 18.3. The molecule has 1 aromatic heterocycles. The van der Waals surface area contributed by atoms with E-state index >= 15 is 0 Å². The molecule has 1 heterocycles. The molecule has 1 fully saturated rings. The number of benzene rings is 2. The fourth-order valence-corrected chi connectivity index (χ4v) is 4.30. The minimum absolute atomic E-state index is 0.0500. The molecule has 0 spiro atoms. The first-order valence-electron chi connectivity index (χ1n) is 11.0. The van der Waals surface area contributed by atoms with Gasteiger partial charge in [0.05, 0.1) is 5.52 Å². The minimum Gasteiger partial charge on any atom is -0.362 e. The number of para-hydroxylation sites is 1. The van der Waals surface area contributed by atoms with Crippen molar-refractivity contribution in [3.63, 3.8) is 0 Å². The molecule has 0 saturated heterocycles. The quantitative estimate of drug-likeness (QED) is 0.546. The molecule has 2 aromatic carbocycles. The third kappa shape index (κ3) is 5.12. The topological polar surface area (TPSA) is 53.1 Å². The second kappa shape index (κ2) is 9.73. The van der Waals surface area contributed by atoms with Gasteiger partial charge in [0.2, 0.25) is 5.95 Å². The van der Waals surface area contributed by atoms with E-state index in [9.17, 15) is 13.2 Å². The monoisotopic (exact) mass is 443 g/mol. The van der Waals surface area contributed by atoms with Crippen molar-refractivity contribution in [1.82, 2.24) is 15.3 Å². The maximum atomic E-state index is 13.8. The first-order valence-corrected chi connectivity index (χ1v) is 11.0. The first kappa shape index (κ1) is 22.3. The van der Waals surface area contributed by atoms with Gasteiger partial charge in [-0.15, -0.1) is 0 Å². The molecule has 32 heavy (non-hydrogen) atoms. The SMILES string of the molecule is CN(C)c1nc(N[C@H]2CC[C@@H](CNCc3c(F)cc(F)cc3F)CC2)nc2ccccc12. The van der Waals surface area contributed by atoms with Crippen LogP contribution in [0.5, 0.6) is 0 Å². The molecule has 8 heteroatoms. The number of rotatable bonds is 7. The van der Waals surface area contributed by atoms with Crippen LogP contribution in [0.25, 0.3) is 10.9 Å². The summed E-state index contributed by atoms with van der Waals surface area (Å²) in [5.74, 6) is -0.657. The summed E-state index contributed by atoms with van der Waals surface area (Å²) in [5, 5.41) is 7.63. The number of hydrogen-bond donors (Lipinski definition) is 2. The van der Waals surface area contributed by atoms with Gasteiger partial charge in [-0.25, -0.2) is 18.2 Å². The Kier molecular flexibility index (Phi) is 6.79. The van der Waals surface area contributed by atoms with E-state index in [1.807, 2.05) is 43.3 Å². The van der Waals surface area contributed by atoms with E-state index in [2.05, 4.69) is 15.6 Å². The fraction of sp³-hybridized carbons (Fsp3) is 0.417. The average Bonchev–Trinajstić information content (AvgIpc) is 2.76. The summed E-state index contributed by atoms with van der Waals surface area (Å²) in [7, 11) is 3.95. The van der Waals surface area contributed by atoms with Crippen LogP contribution in [0.15, 0.2) is 36.4 Å². The zero-order chi connectivity index (χ0) is 22.7. The Morgan fingerprint density at radius 3 is 2.34 bits per heavy atom. The molecule has 4 rings (SSSR count). The molecule has 0 atom stereocenters. The number of anilines is 2. The van der Waals surface area contributed by atoms with Crippen LogP contribution in [0.3, 0.4) is 0 Å². The highest BCUT2D eigenvalue weighted by molar-refractivity contribution is 5.90. The van der Waals surface area contributed by atoms with Crippen LogP contribution in [0.2, 0.25) is 0 Å². The molecule has 1 aliphatic rings. The van der Waals surface area contributed by atoms with Crippen molar-refractivity contribution >= 4 is 22.7 Å². The second-order valence-electron chi connectivity index (χ2n) is 8.62. The van der Waals surface area contributed by atoms with Gasteiger partial charge in [0.1, 0.15) is 23.3 Å². The van der Waals surface area contributed by atoms with Gasteiger partial charge in [-0.3, -0.25) is 0 Å². The summed E-state index contributed by atoms with van der Waals surface area (Å²) in [6.45, 7) is 0.717. The van der Waals surface area contributed by atoms with Crippen LogP contribution in [0, 0.1) is 23.4 Å². The largest absolute Gasteiger partial charge is 0.362 e. The van der Waals surface area contributed by atoms with Crippen molar-refractivity contribution in [2.45, 2.75) is 38.3 Å². The van der Waals surface area contributed by atoms with Gasteiger partial charge in [-0.2, -0.15) is 4.98 Å². The molecule has 0 aliphatic heterocycles. The van der Waals surface area contributed by atoms with E-state index in [-0.39, 0.29) is 18.2 Å². The summed E-state index contributed by atoms with van der Waals surface area (Å²) < 4.78 is 40.6. The van der Waals surface area contributed by atoms with Gasteiger partial charge in [0.25, 0.3) is 0 Å². The summed E-state index contributed by atoms with van der Waals surface area (Å²) in [6, 6.07) is 9.69. The molecular weight excluding hydrogens is 415 g/mol. The van der Waals surface area contributed by atoms with Crippen molar-refractivity contribution in [1.29, 1.82) is 0 Å². The second-order valence-corrected chi connectivity index (χ2v) is 8.62. The van der Waals surface area contributed by atoms with E-state index in [1.54, 1.807) is 0 Å². The highest BCUT2D eigenvalue weighted by Gasteiger charge is 2.22. The molecule has 0 bridgehead atoms. The van der Waals surface area contributed by atoms with Gasteiger partial charge in [-0.1, -0.05) is 12.1 Å². The third-order valence-corrected chi connectivity index (χ3v) is 6.03. The smallest absolute Gasteiger partial charge is 0.225 e. The Labute approximate surface area is 186 Å². The maximum absolute atomic E-state index is 13.8. The number of aromatic nitrogens is 2. The lowest BCUT2D eigenvalue weighted by Gasteiger charge is -2.29. The van der Waals surface area contributed by atoms with E-state index in [4.69, 9.17) is 4.98 Å². The van der Waals surface area contributed by atoms with Gasteiger partial charge in [0.15, 0.2) is 0 Å². The van der Waals surface area contributed by atoms with Crippen molar-refractivity contribution in [2.24, 2.45) is 5.92 Å². The van der Waals surface area contributed by atoms with E-state index in [1.165, 1.54) is 0 Å². The Hall–Kier alpha value is -2.87. The molecule has 1 saturated carbocycles. The lowest BCUT2D eigenvalue weighted by Crippen LogP contribution is -2.32. The molecule has 5 nitrogen and oxygen atoms in total. The summed E-state index contributed by atoms with van der Waals surface area (Å²) >= 11 is 0. The van der Waals surface area contributed by atoms with Crippen molar-refractivity contribution in [2.75, 3.05) is 30.9 Å². The lowest BCUT2D eigenvalue weighted by atomic mass is 9.86. The molecule has 0 unspecified atom stereocenters. The van der Waals surface area contributed by atoms with Crippen LogP contribution in [-0.4, -0.2) is 36.6 Å². The Morgan fingerprint density at radius 1 is 0.969 bits per heavy atom. The van der Waals surface area contributed by atoms with Crippen LogP contribution in [0.4, 0.5) is 24.9 Å². The van der Waals surface area contributed by atoms with Gasteiger partial charge in [-0.05, 0) is 50.3 Å². The molecule has 1 aliphatic carbocycles. The minimum atomic E-state index is -0.900. The van der Waals surface area contributed by atoms with Crippen molar-refractivity contribution in [3.8, 4) is 0 Å². The maximum Gasteiger partial charge on any atom is 0.225 e. The van der Waals surface area contributed by atoms with E-state index in [0.29, 0.717) is 30.5 Å². The lowest BCUT2D eigenvalue weighted by molar-refractivity contribution is 0.322. The number of fused-ring (bicyclic) bond motifs is 1. The predicted molar refractivity (Wildman–Crippen MR) is 121 cm³/mol. The summed E-state index contributed by atoms with van der Waals surface area (Å²) in [5.41, 5.74) is 0.791. The van der Waals surface area contributed by atoms with E-state index in [0.717, 1.165) is 42.4 Å². The average molecular weight is 444 g/mol. The van der Waals surface area contributed by atoms with Crippen LogP contribution < -0.4 is 15.5 Å². The first-order chi connectivity index (χ1) is 15.4. The van der Waals surface area contributed by atoms with Crippen molar-refractivity contribution < 1.29 is 13.2 Å². The summed E-state index contributed by atoms with van der Waals surface area (Å²) in [6.07, 6.45) is 3.93. The van der Waals surface area contributed by atoms with Crippen LogP contribution in [-0.2, 0) is 6.54 Å². The van der Waals surface area contributed by atoms with Gasteiger partial charge >= 0.3 is 0 Å². The standard InChI is InChI=1S/C24H28F3N5/c1-32(2)23-18-5-3-4-6-22(18)30-24(31-23)29-17-9-7-15(8-10-17)13-28-14-19-20(26)11-16(25)12-21(19)27/h3-6,11-12,15,17,28H,7-10,13-14H2,1-2H3,(H,29,30,31)/t15-,17+. The Bertz CT molecular complexity index is 1060. The van der Waals surface area contributed by atoms with Crippen LogP contribution >= 0.6 is 0 Å². The molecule has 170 valence electrons. The molecule has 2 N–H and O–H groups in total. The Morgan fingerprint density at radius 2 is 1.66 bits per heavy atom. The fourth-order valence-electron chi connectivity index (χ4n) is 4.30. The molecule has 3 aromatic rings. The highest BCUT2D eigenvalue weighted by atomic mass is 19.1.